The summed E-state index contributed by atoms with van der Waals surface area (Å²) in [5.74, 6) is -7.29. The van der Waals surface area contributed by atoms with Gasteiger partial charge in [0.1, 0.15) is 0 Å². The Morgan fingerprint density at radius 2 is 0.453 bits per heavy atom. The molecule has 0 saturated carbocycles. The van der Waals surface area contributed by atoms with E-state index in [1.54, 1.807) is 152 Å². The molecule has 1 aliphatic heterocycles. The number of benzene rings is 2. The number of carbonyl (C=O) groups is 8. The van der Waals surface area contributed by atoms with Gasteiger partial charge in [0.15, 0.2) is 0 Å². The molecule has 6 aromatic rings. The van der Waals surface area contributed by atoms with Gasteiger partial charge in [0, 0.05) is 82.1 Å². The highest BCUT2D eigenvalue weighted by Gasteiger charge is 2.57. The molecule has 1 aliphatic rings. The number of nitrogens with one attached hydrogen (secondary N) is 4. The monoisotopic (exact) mass is 1180 g/mol. The van der Waals surface area contributed by atoms with Crippen LogP contribution in [0.1, 0.15) is 151 Å². The molecule has 20 heteroatoms. The molecule has 0 atom stereocenters. The van der Waals surface area contributed by atoms with Crippen molar-refractivity contribution in [3.63, 3.8) is 0 Å². The average Bonchev–Trinajstić information content (AvgIpc) is 1.54. The summed E-state index contributed by atoms with van der Waals surface area (Å²) in [6, 6.07) is 26.8. The number of aromatic nitrogens is 4. The van der Waals surface area contributed by atoms with Crippen LogP contribution in [0, 0.1) is 0 Å². The first kappa shape index (κ1) is 64.9. The molecule has 86 heavy (non-hydrogen) atoms. The summed E-state index contributed by atoms with van der Waals surface area (Å²) in [4.78, 5) is 132. The Balaban J connectivity index is 1.56. The van der Waals surface area contributed by atoms with Gasteiger partial charge in [-0.3, -0.25) is 38.4 Å². The highest BCUT2D eigenvalue weighted by atomic mass is 16.6. The third-order valence-electron chi connectivity index (χ3n) is 16.1. The summed E-state index contributed by atoms with van der Waals surface area (Å²) in [5, 5.41) is 0. The van der Waals surface area contributed by atoms with Gasteiger partial charge in [-0.25, -0.2) is 0 Å². The van der Waals surface area contributed by atoms with Crippen LogP contribution in [-0.4, -0.2) is 121 Å². The lowest BCUT2D eigenvalue weighted by molar-refractivity contribution is -0.167. The molecule has 0 spiro atoms. The first-order valence-corrected chi connectivity index (χ1v) is 29.3. The second-order valence-electron chi connectivity index (χ2n) is 22.1. The number of rotatable bonds is 16. The number of H-pyrrole nitrogens is 4. The molecule has 0 aliphatic carbocycles. The zero-order chi connectivity index (χ0) is 62.8. The Kier molecular flexibility index (Phi) is 20.1. The molecular formula is C66H80N4O16. The van der Waals surface area contributed by atoms with E-state index >= 15 is 0 Å². The van der Waals surface area contributed by atoms with Crippen molar-refractivity contribution >= 4 is 47.8 Å². The number of ether oxygens (including phenoxy) is 8. The molecule has 7 rings (SSSR count). The van der Waals surface area contributed by atoms with Gasteiger partial charge in [-0.1, -0.05) is 48.5 Å². The Morgan fingerprint density at radius 1 is 0.291 bits per heavy atom. The van der Waals surface area contributed by atoms with Gasteiger partial charge in [0.25, 0.3) is 0 Å². The minimum Gasteiger partial charge on any atom is -0.465 e. The van der Waals surface area contributed by atoms with Crippen LogP contribution in [0.2, 0.25) is 0 Å². The van der Waals surface area contributed by atoms with E-state index in [0.717, 1.165) is 0 Å². The predicted octanol–water partition coefficient (Wildman–Crippen LogP) is 8.39. The Labute approximate surface area is 501 Å². The van der Waals surface area contributed by atoms with Crippen LogP contribution in [0.3, 0.4) is 0 Å². The number of hydrogen-bond donors (Lipinski definition) is 4. The minimum atomic E-state index is -2.16. The van der Waals surface area contributed by atoms with Crippen LogP contribution in [0.5, 0.6) is 0 Å². The van der Waals surface area contributed by atoms with Crippen molar-refractivity contribution in [1.82, 2.24) is 19.9 Å². The lowest BCUT2D eigenvalue weighted by Gasteiger charge is -2.31. The van der Waals surface area contributed by atoms with Crippen molar-refractivity contribution in [2.75, 3.05) is 52.9 Å². The van der Waals surface area contributed by atoms with Gasteiger partial charge in [-0.15, -0.1) is 0 Å². The maximum Gasteiger partial charge on any atom is 0.329 e. The molecule has 0 unspecified atom stereocenters. The van der Waals surface area contributed by atoms with Crippen molar-refractivity contribution in [1.29, 1.82) is 0 Å². The summed E-state index contributed by atoms with van der Waals surface area (Å²) in [5.41, 5.74) is -6.73. The summed E-state index contributed by atoms with van der Waals surface area (Å²) in [6.07, 6.45) is -1.31. The molecule has 2 aromatic carbocycles. The van der Waals surface area contributed by atoms with Crippen molar-refractivity contribution in [3.05, 3.63) is 165 Å². The SMILES string of the molecule is CCOC(=O)C1(C(=O)OCC)Cc2cccc(c2)CC(C(=O)OCC)(C(=O)OCC)c2ccc([nH]2)C(C)(C)c2ccc([nH]2)C(C(=O)OCC)(C(=O)OCC)Cc2cccc(c2)CC(C(=O)OCC)(C(=O)OCC)c2ccc([nH]2)C(C)(C)c2ccc1[nH]2. The molecule has 0 saturated heterocycles. The summed E-state index contributed by atoms with van der Waals surface area (Å²) in [6.45, 7) is 19.6. The fourth-order valence-corrected chi connectivity index (χ4v) is 11.5. The highest BCUT2D eigenvalue weighted by Crippen LogP contribution is 2.43. The van der Waals surface area contributed by atoms with Crippen LogP contribution in [-0.2, 0) is 134 Å². The molecule has 0 radical (unpaired) electrons. The molecule has 12 bridgehead atoms. The first-order valence-electron chi connectivity index (χ1n) is 29.3. The smallest absolute Gasteiger partial charge is 0.329 e. The van der Waals surface area contributed by atoms with E-state index in [1.807, 2.05) is 27.7 Å². The molecule has 20 nitrogen and oxygen atoms in total. The second-order valence-corrected chi connectivity index (χ2v) is 22.1. The largest absolute Gasteiger partial charge is 0.465 e. The molecular weight excluding hydrogens is 1100 g/mol. The van der Waals surface area contributed by atoms with E-state index < -0.39 is 80.2 Å². The highest BCUT2D eigenvalue weighted by molar-refractivity contribution is 6.09. The average molecular weight is 1190 g/mol. The van der Waals surface area contributed by atoms with Crippen LogP contribution < -0.4 is 0 Å². The lowest BCUT2D eigenvalue weighted by Crippen LogP contribution is -2.49. The van der Waals surface area contributed by atoms with E-state index in [2.05, 4.69) is 19.9 Å². The lowest BCUT2D eigenvalue weighted by atomic mass is 9.76. The van der Waals surface area contributed by atoms with Crippen molar-refractivity contribution in [2.45, 2.75) is 141 Å². The number of hydrogen-bond acceptors (Lipinski definition) is 16. The molecule has 460 valence electrons. The van der Waals surface area contributed by atoms with Gasteiger partial charge >= 0.3 is 47.8 Å². The third kappa shape index (κ3) is 11.9. The Bertz CT molecular complexity index is 2940. The standard InChI is InChI=1S/C66H80N4O16/c1-13-79-53(71)63(54(72)80-14-2)37-41-23-21-24-42(35-41)38-64(55(73)81-15-3,56(74)82-16-4)50-33-29-47(69-50)62(11,12)48-30-34-52(70-48)66(59(77)85-19-7,60(78)86-20-8)40-44-26-22-25-43(36-44)39-65(57(75)83-17-5,58(76)84-18-6)51-32-28-46(68-51)61(9,10)45-27-31-49(63)67-45/h21-36,67-70H,13-20,37-40H2,1-12H3. The quantitative estimate of drug-likeness (QED) is 0.0402. The normalized spacial score (nSPS) is 16.3. The van der Waals surface area contributed by atoms with E-state index in [-0.39, 0.29) is 101 Å². The Hall–Kier alpha value is -8.68. The number of fused-ring (bicyclic) bond motifs is 12. The summed E-state index contributed by atoms with van der Waals surface area (Å²) < 4.78 is 45.9. The topological polar surface area (TPSA) is 274 Å². The van der Waals surface area contributed by atoms with E-state index in [0.29, 0.717) is 45.0 Å². The molecule has 0 fully saturated rings. The van der Waals surface area contributed by atoms with Crippen molar-refractivity contribution < 1.29 is 76.3 Å². The molecule has 4 N–H and O–H groups in total. The molecule has 0 amide bonds. The van der Waals surface area contributed by atoms with Crippen LogP contribution in [0.25, 0.3) is 0 Å². The minimum absolute atomic E-state index is 0.0964. The van der Waals surface area contributed by atoms with Gasteiger partial charge < -0.3 is 57.8 Å². The van der Waals surface area contributed by atoms with E-state index in [1.165, 1.54) is 0 Å². The maximum atomic E-state index is 14.8. The van der Waals surface area contributed by atoms with Gasteiger partial charge in [0.2, 0.25) is 21.7 Å². The number of aromatic amines is 4. The van der Waals surface area contributed by atoms with Gasteiger partial charge in [0.05, 0.1) is 52.9 Å². The fourth-order valence-electron chi connectivity index (χ4n) is 11.5. The number of esters is 8. The van der Waals surface area contributed by atoms with Crippen molar-refractivity contribution in [2.24, 2.45) is 0 Å². The van der Waals surface area contributed by atoms with Crippen molar-refractivity contribution in [3.8, 4) is 0 Å². The number of carbonyl (C=O) groups excluding carboxylic acids is 8. The van der Waals surface area contributed by atoms with E-state index in [9.17, 15) is 38.4 Å². The van der Waals surface area contributed by atoms with Crippen LogP contribution >= 0.6 is 0 Å². The Morgan fingerprint density at radius 3 is 0.616 bits per heavy atom. The first-order chi connectivity index (χ1) is 41.0. The third-order valence-corrected chi connectivity index (χ3v) is 16.1. The maximum absolute atomic E-state index is 14.8. The second kappa shape index (κ2) is 26.7. The summed E-state index contributed by atoms with van der Waals surface area (Å²) in [7, 11) is 0. The molecule has 5 heterocycles. The molecule has 4 aromatic heterocycles. The van der Waals surface area contributed by atoms with E-state index in [4.69, 9.17) is 37.9 Å². The van der Waals surface area contributed by atoms with Gasteiger partial charge in [-0.05, 0) is 154 Å². The fraction of sp³-hybridized carbons (Fsp3) is 0.455. The van der Waals surface area contributed by atoms with Crippen LogP contribution in [0.15, 0.2) is 97.1 Å². The van der Waals surface area contributed by atoms with Gasteiger partial charge in [-0.2, -0.15) is 0 Å². The summed E-state index contributed by atoms with van der Waals surface area (Å²) >= 11 is 0. The zero-order valence-corrected chi connectivity index (χ0v) is 51.3. The zero-order valence-electron chi connectivity index (χ0n) is 51.3. The van der Waals surface area contributed by atoms with Crippen LogP contribution in [0.4, 0.5) is 0 Å². The predicted molar refractivity (Wildman–Crippen MR) is 315 cm³/mol.